The fourth-order valence-electron chi connectivity index (χ4n) is 0.885. The van der Waals surface area contributed by atoms with Crippen molar-refractivity contribution in [2.24, 2.45) is 0 Å². The Morgan fingerprint density at radius 2 is 1.62 bits per heavy atom. The molecule has 0 aliphatic heterocycles. The van der Waals surface area contributed by atoms with Crippen molar-refractivity contribution in [1.82, 2.24) is 0 Å². The molecule has 0 fully saturated rings. The first-order valence-corrected chi connectivity index (χ1v) is 5.00. The van der Waals surface area contributed by atoms with E-state index in [-0.39, 0.29) is 0 Å². The van der Waals surface area contributed by atoms with Gasteiger partial charge in [0.1, 0.15) is 0 Å². The van der Waals surface area contributed by atoms with Gasteiger partial charge in [-0.1, -0.05) is 42.5 Å². The zero-order valence-corrected chi connectivity index (χ0v) is 9.38. The molecule has 1 aromatic rings. The maximum absolute atomic E-state index is 8.34. The molecule has 0 bridgehead atoms. The lowest BCUT2D eigenvalue weighted by atomic mass is 10.2. The first-order valence-electron chi connectivity index (χ1n) is 5.00. The SMILES string of the molecule is C=CCOCC=C.OC=Cc1ccccc1. The standard InChI is InChI=1S/C8H8O.C6H10O/c9-7-6-8-4-2-1-3-5-8;1-3-5-7-6-4-2/h1-7,9H;3-4H,1-2,5-6H2. The van der Waals surface area contributed by atoms with E-state index >= 15 is 0 Å². The van der Waals surface area contributed by atoms with Crippen LogP contribution in [0.4, 0.5) is 0 Å². The monoisotopic (exact) mass is 218 g/mol. The Kier molecular flexibility index (Phi) is 10.0. The van der Waals surface area contributed by atoms with Crippen LogP contribution in [0.15, 0.2) is 61.9 Å². The normalized spacial score (nSPS) is 9.25. The molecular weight excluding hydrogens is 200 g/mol. The quantitative estimate of drug-likeness (QED) is 0.465. The van der Waals surface area contributed by atoms with Crippen LogP contribution in [0.5, 0.6) is 0 Å². The van der Waals surface area contributed by atoms with E-state index in [4.69, 9.17) is 9.84 Å². The van der Waals surface area contributed by atoms with Crippen molar-refractivity contribution in [2.75, 3.05) is 13.2 Å². The summed E-state index contributed by atoms with van der Waals surface area (Å²) in [6.45, 7) is 8.18. The zero-order valence-electron chi connectivity index (χ0n) is 9.38. The third kappa shape index (κ3) is 8.78. The summed E-state index contributed by atoms with van der Waals surface area (Å²) in [7, 11) is 0. The topological polar surface area (TPSA) is 29.5 Å². The number of hydrogen-bond acceptors (Lipinski definition) is 2. The minimum Gasteiger partial charge on any atom is -0.516 e. The van der Waals surface area contributed by atoms with Gasteiger partial charge < -0.3 is 9.84 Å². The molecule has 0 heterocycles. The zero-order chi connectivity index (χ0) is 12.1. The number of hydrogen-bond donors (Lipinski definition) is 1. The Morgan fingerprint density at radius 1 is 1.06 bits per heavy atom. The van der Waals surface area contributed by atoms with E-state index in [0.29, 0.717) is 13.2 Å². The highest BCUT2D eigenvalue weighted by Crippen LogP contribution is 1.98. The summed E-state index contributed by atoms with van der Waals surface area (Å²) in [5.41, 5.74) is 1.01. The van der Waals surface area contributed by atoms with E-state index in [9.17, 15) is 0 Å². The predicted molar refractivity (Wildman–Crippen MR) is 69.3 cm³/mol. The lowest BCUT2D eigenvalue weighted by Crippen LogP contribution is -1.87. The van der Waals surface area contributed by atoms with Crippen LogP contribution in [0.2, 0.25) is 0 Å². The highest BCUT2D eigenvalue weighted by Gasteiger charge is 1.78. The molecule has 0 radical (unpaired) electrons. The smallest absolute Gasteiger partial charge is 0.0797 e. The Balaban J connectivity index is 0.000000293. The second-order valence-electron chi connectivity index (χ2n) is 2.84. The van der Waals surface area contributed by atoms with E-state index in [1.54, 1.807) is 18.2 Å². The maximum atomic E-state index is 8.34. The third-order valence-electron chi connectivity index (χ3n) is 1.54. The second kappa shape index (κ2) is 11.3. The van der Waals surface area contributed by atoms with Crippen LogP contribution in [-0.4, -0.2) is 18.3 Å². The van der Waals surface area contributed by atoms with Gasteiger partial charge in [0.15, 0.2) is 0 Å². The molecular formula is C14H18O2. The number of rotatable bonds is 5. The molecule has 1 rings (SSSR count). The van der Waals surface area contributed by atoms with Gasteiger partial charge >= 0.3 is 0 Å². The van der Waals surface area contributed by atoms with Gasteiger partial charge in [0.2, 0.25) is 0 Å². The van der Waals surface area contributed by atoms with Gasteiger partial charge in [0.25, 0.3) is 0 Å². The lowest BCUT2D eigenvalue weighted by molar-refractivity contribution is 0.194. The molecule has 86 valence electrons. The van der Waals surface area contributed by atoms with Crippen molar-refractivity contribution < 1.29 is 9.84 Å². The van der Waals surface area contributed by atoms with Crippen LogP contribution < -0.4 is 0 Å². The minimum atomic E-state index is 0.617. The Hall–Kier alpha value is -1.80. The van der Waals surface area contributed by atoms with E-state index in [0.717, 1.165) is 11.8 Å². The Labute approximate surface area is 97.2 Å². The molecule has 0 aromatic heterocycles. The largest absolute Gasteiger partial charge is 0.516 e. The molecule has 0 spiro atoms. The first-order chi connectivity index (χ1) is 7.85. The van der Waals surface area contributed by atoms with Gasteiger partial charge in [0, 0.05) is 0 Å². The molecule has 2 nitrogen and oxygen atoms in total. The second-order valence-corrected chi connectivity index (χ2v) is 2.84. The number of ether oxygens (including phenoxy) is 1. The molecule has 2 heteroatoms. The summed E-state index contributed by atoms with van der Waals surface area (Å²) < 4.78 is 4.90. The van der Waals surface area contributed by atoms with Crippen molar-refractivity contribution in [3.8, 4) is 0 Å². The fraction of sp³-hybridized carbons (Fsp3) is 0.143. The first kappa shape index (κ1) is 14.2. The van der Waals surface area contributed by atoms with Crippen LogP contribution in [0.25, 0.3) is 6.08 Å². The number of benzene rings is 1. The molecule has 0 atom stereocenters. The van der Waals surface area contributed by atoms with Crippen LogP contribution in [-0.2, 0) is 4.74 Å². The van der Waals surface area contributed by atoms with Crippen molar-refractivity contribution in [3.05, 3.63) is 67.5 Å². The summed E-state index contributed by atoms with van der Waals surface area (Å²) in [5.74, 6) is 0. The molecule has 0 saturated heterocycles. The molecule has 0 amide bonds. The van der Waals surface area contributed by atoms with Gasteiger partial charge in [-0.15, -0.1) is 13.2 Å². The Bertz CT molecular complexity index is 294. The lowest BCUT2D eigenvalue weighted by Gasteiger charge is -1.89. The minimum absolute atomic E-state index is 0.617. The summed E-state index contributed by atoms with van der Waals surface area (Å²) in [4.78, 5) is 0. The average molecular weight is 218 g/mol. The summed E-state index contributed by atoms with van der Waals surface area (Å²) >= 11 is 0. The summed E-state index contributed by atoms with van der Waals surface area (Å²) in [6.07, 6.45) is 6.10. The number of aliphatic hydroxyl groups is 1. The molecule has 1 N–H and O–H groups in total. The summed E-state index contributed by atoms with van der Waals surface area (Å²) in [5, 5.41) is 8.34. The Morgan fingerprint density at radius 3 is 2.06 bits per heavy atom. The van der Waals surface area contributed by atoms with Crippen LogP contribution in [0.3, 0.4) is 0 Å². The highest BCUT2D eigenvalue weighted by molar-refractivity contribution is 5.47. The average Bonchev–Trinajstić information content (AvgIpc) is 2.32. The van der Waals surface area contributed by atoms with Gasteiger partial charge in [-0.25, -0.2) is 0 Å². The van der Waals surface area contributed by atoms with E-state index < -0.39 is 0 Å². The van der Waals surface area contributed by atoms with Gasteiger partial charge in [-0.2, -0.15) is 0 Å². The van der Waals surface area contributed by atoms with Crippen LogP contribution in [0.1, 0.15) is 5.56 Å². The van der Waals surface area contributed by atoms with Gasteiger partial charge in [-0.05, 0) is 11.6 Å². The fourth-order valence-corrected chi connectivity index (χ4v) is 0.885. The molecule has 1 aromatic carbocycles. The van der Waals surface area contributed by atoms with Crippen LogP contribution >= 0.6 is 0 Å². The van der Waals surface area contributed by atoms with Gasteiger partial charge in [-0.3, -0.25) is 0 Å². The number of aliphatic hydroxyl groups excluding tert-OH is 1. The molecule has 16 heavy (non-hydrogen) atoms. The molecule has 0 unspecified atom stereocenters. The maximum Gasteiger partial charge on any atom is 0.0797 e. The van der Waals surface area contributed by atoms with E-state index in [1.807, 2.05) is 30.3 Å². The molecule has 0 saturated carbocycles. The predicted octanol–water partition coefficient (Wildman–Crippen LogP) is 3.59. The molecule has 0 aliphatic carbocycles. The van der Waals surface area contributed by atoms with Crippen molar-refractivity contribution >= 4 is 6.08 Å². The van der Waals surface area contributed by atoms with Crippen molar-refractivity contribution in [1.29, 1.82) is 0 Å². The van der Waals surface area contributed by atoms with E-state index in [2.05, 4.69) is 13.2 Å². The van der Waals surface area contributed by atoms with Crippen molar-refractivity contribution in [3.63, 3.8) is 0 Å². The van der Waals surface area contributed by atoms with Crippen molar-refractivity contribution in [2.45, 2.75) is 0 Å². The summed E-state index contributed by atoms with van der Waals surface area (Å²) in [6, 6.07) is 9.64. The third-order valence-corrected chi connectivity index (χ3v) is 1.54. The van der Waals surface area contributed by atoms with E-state index in [1.165, 1.54) is 0 Å². The van der Waals surface area contributed by atoms with Gasteiger partial charge in [0.05, 0.1) is 19.5 Å². The molecule has 0 aliphatic rings. The van der Waals surface area contributed by atoms with Crippen LogP contribution in [0, 0.1) is 0 Å². The highest BCUT2D eigenvalue weighted by atomic mass is 16.5.